The summed E-state index contributed by atoms with van der Waals surface area (Å²) in [5.74, 6) is -5.20. The number of hydrogen-bond donors (Lipinski definition) is 7. The van der Waals surface area contributed by atoms with E-state index in [-0.39, 0.29) is 24.0 Å². The number of carbonyl (C=O) groups is 2. The number of rotatable bonds is 3. The van der Waals surface area contributed by atoms with Crippen LogP contribution in [0.5, 0.6) is 0 Å². The normalized spacial score (nSPS) is 32.5. The second-order valence-electron chi connectivity index (χ2n) is 6.79. The molecule has 3 aliphatic rings. The van der Waals surface area contributed by atoms with Crippen LogP contribution in [-0.2, 0) is 9.53 Å². The topological polar surface area (TPSA) is 198 Å². The number of aliphatic carboxylic acids is 1. The SMILES string of the molecule is NC1=N[C@@H](C(=O)O)[C@@H]2[NH+]=C(N)N[C@]23N1C[C@H](OC(=O)c1ccccc1)C3(O)O. The third-order valence-electron chi connectivity index (χ3n) is 5.25. The van der Waals surface area contributed by atoms with Gasteiger partial charge in [-0.15, -0.1) is 0 Å². The van der Waals surface area contributed by atoms with Crippen LogP contribution in [0.25, 0.3) is 0 Å². The van der Waals surface area contributed by atoms with Crippen molar-refractivity contribution in [3.8, 4) is 0 Å². The molecular formula is C16H19N6O6+. The summed E-state index contributed by atoms with van der Waals surface area (Å²) in [6, 6.07) is 5.37. The molecule has 0 amide bonds. The Balaban J connectivity index is 1.72. The molecule has 9 N–H and O–H groups in total. The minimum Gasteiger partial charge on any atom is -0.480 e. The number of guanidine groups is 2. The minimum absolute atomic E-state index is 0.0892. The summed E-state index contributed by atoms with van der Waals surface area (Å²) in [5.41, 5.74) is 9.99. The minimum atomic E-state index is -2.75. The van der Waals surface area contributed by atoms with Gasteiger partial charge >= 0.3 is 17.9 Å². The maximum absolute atomic E-state index is 12.4. The summed E-state index contributed by atoms with van der Waals surface area (Å²) in [6.07, 6.45) is -1.47. The quantitative estimate of drug-likeness (QED) is 0.193. The fourth-order valence-corrected chi connectivity index (χ4v) is 3.99. The van der Waals surface area contributed by atoms with E-state index in [1.54, 1.807) is 18.2 Å². The maximum atomic E-state index is 12.4. The molecule has 1 saturated heterocycles. The zero-order valence-electron chi connectivity index (χ0n) is 14.4. The standard InChI is InChI=1S/C16H18N6O6/c17-13-20-10-9(11(23)24)19-14(18)22-6-8(16(26,27)15(10,22)21-13)28-12(25)7-4-2-1-3-5-7/h1-5,8-10,26-27H,6H2,(H2,18,19)(H,23,24)(H3,17,20,21)/p+1/t8-,9+,10-,15-/m0/s1. The highest BCUT2D eigenvalue weighted by atomic mass is 16.6. The van der Waals surface area contributed by atoms with Gasteiger partial charge in [0.15, 0.2) is 24.1 Å². The molecule has 3 aliphatic heterocycles. The number of nitrogens with zero attached hydrogens (tertiary/aromatic N) is 2. The molecule has 28 heavy (non-hydrogen) atoms. The molecule has 1 aromatic carbocycles. The van der Waals surface area contributed by atoms with Crippen LogP contribution in [0, 0.1) is 0 Å². The molecule has 12 nitrogen and oxygen atoms in total. The molecule has 12 heteroatoms. The van der Waals surface area contributed by atoms with Crippen molar-refractivity contribution >= 4 is 23.9 Å². The first-order chi connectivity index (χ1) is 13.2. The van der Waals surface area contributed by atoms with Crippen LogP contribution in [-0.4, -0.2) is 80.3 Å². The average molecular weight is 391 g/mol. The van der Waals surface area contributed by atoms with Gasteiger partial charge in [-0.25, -0.2) is 19.9 Å². The van der Waals surface area contributed by atoms with Gasteiger partial charge in [-0.3, -0.25) is 15.6 Å². The van der Waals surface area contributed by atoms with Crippen LogP contribution < -0.4 is 21.8 Å². The monoisotopic (exact) mass is 391 g/mol. The Labute approximate surface area is 158 Å². The van der Waals surface area contributed by atoms with E-state index in [2.05, 4.69) is 15.3 Å². The Kier molecular flexibility index (Phi) is 3.73. The predicted molar refractivity (Wildman–Crippen MR) is 92.4 cm³/mol. The summed E-state index contributed by atoms with van der Waals surface area (Å²) >= 11 is 0. The lowest BCUT2D eigenvalue weighted by atomic mass is 9.85. The number of carbonyl (C=O) groups excluding carboxylic acids is 1. The van der Waals surface area contributed by atoms with E-state index in [1.807, 2.05) is 0 Å². The molecule has 4 rings (SSSR count). The van der Waals surface area contributed by atoms with E-state index in [9.17, 15) is 24.9 Å². The van der Waals surface area contributed by atoms with Gasteiger partial charge in [-0.05, 0) is 12.1 Å². The Morgan fingerprint density at radius 1 is 1.29 bits per heavy atom. The summed E-state index contributed by atoms with van der Waals surface area (Å²) in [4.78, 5) is 31.9. The molecule has 0 aliphatic carbocycles. The molecule has 0 aromatic heterocycles. The van der Waals surface area contributed by atoms with Crippen molar-refractivity contribution in [3.05, 3.63) is 35.9 Å². The highest BCUT2D eigenvalue weighted by Gasteiger charge is 2.78. The van der Waals surface area contributed by atoms with E-state index in [1.165, 1.54) is 17.0 Å². The Morgan fingerprint density at radius 3 is 2.61 bits per heavy atom. The fraction of sp³-hybridized carbons (Fsp3) is 0.375. The summed E-state index contributed by atoms with van der Waals surface area (Å²) in [7, 11) is 0. The zero-order chi connectivity index (χ0) is 20.3. The molecule has 0 unspecified atom stereocenters. The largest absolute Gasteiger partial charge is 0.480 e. The van der Waals surface area contributed by atoms with Crippen LogP contribution in [0.4, 0.5) is 0 Å². The van der Waals surface area contributed by atoms with Crippen molar-refractivity contribution in [1.82, 2.24) is 10.2 Å². The van der Waals surface area contributed by atoms with E-state index in [0.717, 1.165) is 0 Å². The first kappa shape index (κ1) is 18.0. The van der Waals surface area contributed by atoms with Gasteiger partial charge in [0.1, 0.15) is 0 Å². The molecule has 0 bridgehead atoms. The molecular weight excluding hydrogens is 372 g/mol. The van der Waals surface area contributed by atoms with Crippen molar-refractivity contribution in [2.75, 3.05) is 6.54 Å². The third-order valence-corrected chi connectivity index (χ3v) is 5.25. The van der Waals surface area contributed by atoms with Gasteiger partial charge in [0, 0.05) is 0 Å². The maximum Gasteiger partial charge on any atom is 0.343 e. The molecule has 1 spiro atoms. The highest BCUT2D eigenvalue weighted by molar-refractivity contribution is 5.91. The van der Waals surface area contributed by atoms with E-state index in [4.69, 9.17) is 16.2 Å². The molecule has 1 aromatic rings. The zero-order valence-corrected chi connectivity index (χ0v) is 14.4. The van der Waals surface area contributed by atoms with Gasteiger partial charge in [-0.2, -0.15) is 0 Å². The summed E-state index contributed by atoms with van der Waals surface area (Å²) in [5, 5.41) is 34.2. The molecule has 0 radical (unpaired) electrons. The first-order valence-corrected chi connectivity index (χ1v) is 8.40. The summed E-state index contributed by atoms with van der Waals surface area (Å²) < 4.78 is 5.33. The molecule has 148 valence electrons. The fourth-order valence-electron chi connectivity index (χ4n) is 3.99. The molecule has 0 saturated carbocycles. The molecule has 3 heterocycles. The second kappa shape index (κ2) is 5.81. The Hall–Kier alpha value is -3.38. The lowest BCUT2D eigenvalue weighted by Gasteiger charge is -2.44. The Morgan fingerprint density at radius 2 is 1.96 bits per heavy atom. The number of ether oxygens (including phenoxy) is 1. The van der Waals surface area contributed by atoms with Crippen LogP contribution in [0.1, 0.15) is 10.4 Å². The number of carboxylic acids is 1. The first-order valence-electron chi connectivity index (χ1n) is 8.40. The van der Waals surface area contributed by atoms with Crippen molar-refractivity contribution in [2.45, 2.75) is 29.6 Å². The third kappa shape index (κ3) is 2.25. The average Bonchev–Trinajstić information content (AvgIpc) is 3.11. The van der Waals surface area contributed by atoms with E-state index < -0.39 is 41.6 Å². The number of hydrogen-bond acceptors (Lipinski definition) is 10. The number of aliphatic hydroxyl groups is 2. The second-order valence-corrected chi connectivity index (χ2v) is 6.79. The van der Waals surface area contributed by atoms with Crippen molar-refractivity contribution in [1.29, 1.82) is 0 Å². The number of esters is 1. The number of carboxylic acid groups (broad SMARTS) is 1. The van der Waals surface area contributed by atoms with Crippen LogP contribution >= 0.6 is 0 Å². The highest BCUT2D eigenvalue weighted by Crippen LogP contribution is 2.42. The van der Waals surface area contributed by atoms with E-state index in [0.29, 0.717) is 0 Å². The molecule has 4 atom stereocenters. The van der Waals surface area contributed by atoms with Gasteiger partial charge in [0.2, 0.25) is 0 Å². The van der Waals surface area contributed by atoms with Gasteiger partial charge in [-0.1, -0.05) is 18.2 Å². The van der Waals surface area contributed by atoms with Crippen molar-refractivity contribution in [2.24, 2.45) is 16.5 Å². The van der Waals surface area contributed by atoms with Gasteiger partial charge in [0.25, 0.3) is 11.4 Å². The van der Waals surface area contributed by atoms with Crippen LogP contribution in [0.2, 0.25) is 0 Å². The Bertz CT molecular complexity index is 902. The predicted octanol–water partition coefficient (Wildman–Crippen LogP) is -4.95. The summed E-state index contributed by atoms with van der Waals surface area (Å²) in [6.45, 7) is -0.244. The lowest BCUT2D eigenvalue weighted by Crippen LogP contribution is -2.90. The number of nitrogens with two attached hydrogens (primary N) is 2. The number of nitrogens with one attached hydrogen (secondary N) is 2. The van der Waals surface area contributed by atoms with Gasteiger partial charge < -0.3 is 25.8 Å². The van der Waals surface area contributed by atoms with E-state index >= 15 is 0 Å². The van der Waals surface area contributed by atoms with Crippen molar-refractivity contribution < 1.29 is 34.6 Å². The number of aliphatic imine (C=N–C) groups is 1. The van der Waals surface area contributed by atoms with Gasteiger partial charge in [0.05, 0.1) is 12.1 Å². The van der Waals surface area contributed by atoms with Crippen LogP contribution in [0.3, 0.4) is 0 Å². The number of benzene rings is 1. The van der Waals surface area contributed by atoms with Crippen LogP contribution in [0.15, 0.2) is 35.3 Å². The van der Waals surface area contributed by atoms with Crippen molar-refractivity contribution in [3.63, 3.8) is 0 Å². The molecule has 1 fully saturated rings. The lowest BCUT2D eigenvalue weighted by molar-refractivity contribution is -0.520. The smallest absolute Gasteiger partial charge is 0.343 e.